The summed E-state index contributed by atoms with van der Waals surface area (Å²) >= 11 is 0. The van der Waals surface area contributed by atoms with Crippen LogP contribution in [0.2, 0.25) is 0 Å². The number of carbonyl (C=O) groups is 2. The number of carbonyl (C=O) groups excluding carboxylic acids is 2. The van der Waals surface area contributed by atoms with Gasteiger partial charge in [-0.25, -0.2) is 0 Å². The third-order valence-corrected chi connectivity index (χ3v) is 4.26. The second kappa shape index (κ2) is 19.2. The van der Waals surface area contributed by atoms with E-state index in [2.05, 4.69) is 17.6 Å². The van der Waals surface area contributed by atoms with Crippen LogP contribution in [0.5, 0.6) is 0 Å². The molecule has 0 radical (unpaired) electrons. The second-order valence-corrected chi connectivity index (χ2v) is 6.73. The van der Waals surface area contributed by atoms with E-state index in [-0.39, 0.29) is 11.8 Å². The average Bonchev–Trinajstić information content (AvgIpc) is 2.60. The summed E-state index contributed by atoms with van der Waals surface area (Å²) in [7, 11) is 1.74. The van der Waals surface area contributed by atoms with Gasteiger partial charge in [0.15, 0.2) is 0 Å². The van der Waals surface area contributed by atoms with Gasteiger partial charge in [-0.1, -0.05) is 45.4 Å². The Morgan fingerprint density at radius 3 is 1.72 bits per heavy atom. The molecule has 0 bridgehead atoms. The van der Waals surface area contributed by atoms with Gasteiger partial charge in [-0.3, -0.25) is 9.59 Å². The van der Waals surface area contributed by atoms with Crippen LogP contribution in [0.3, 0.4) is 0 Å². The van der Waals surface area contributed by atoms with Crippen LogP contribution < -0.4 is 10.6 Å². The fraction of sp³-hybridized carbons (Fsp3) is 0.900. The van der Waals surface area contributed by atoms with Gasteiger partial charge in [0, 0.05) is 39.6 Å². The molecule has 0 unspecified atom stereocenters. The first kappa shape index (κ1) is 23.9. The summed E-state index contributed by atoms with van der Waals surface area (Å²) in [5, 5.41) is 5.94. The van der Waals surface area contributed by atoms with Crippen molar-refractivity contribution in [1.29, 1.82) is 0 Å². The van der Waals surface area contributed by atoms with Gasteiger partial charge in [0.1, 0.15) is 0 Å². The molecule has 0 saturated heterocycles. The third-order valence-electron chi connectivity index (χ3n) is 4.26. The predicted molar refractivity (Wildman–Crippen MR) is 104 cm³/mol. The zero-order valence-corrected chi connectivity index (χ0v) is 16.5. The normalized spacial score (nSPS) is 10.6. The van der Waals surface area contributed by atoms with Gasteiger partial charge in [-0.15, -0.1) is 0 Å². The highest BCUT2D eigenvalue weighted by molar-refractivity contribution is 5.76. The smallest absolute Gasteiger partial charge is 0.219 e. The molecule has 0 saturated carbocycles. The molecule has 0 aliphatic carbocycles. The molecule has 0 rings (SSSR count). The summed E-state index contributed by atoms with van der Waals surface area (Å²) in [4.78, 5) is 23.2. The van der Waals surface area contributed by atoms with Gasteiger partial charge < -0.3 is 15.4 Å². The molecule has 0 aliphatic heterocycles. The summed E-state index contributed by atoms with van der Waals surface area (Å²) in [6, 6.07) is 0. The van der Waals surface area contributed by atoms with Crippen molar-refractivity contribution >= 4 is 11.8 Å². The number of methoxy groups -OCH3 is 1. The first-order valence-electron chi connectivity index (χ1n) is 10.2. The fourth-order valence-electron chi connectivity index (χ4n) is 2.66. The molecule has 5 nitrogen and oxygen atoms in total. The highest BCUT2D eigenvalue weighted by atomic mass is 16.5. The van der Waals surface area contributed by atoms with Crippen molar-refractivity contribution in [1.82, 2.24) is 10.6 Å². The Labute approximate surface area is 154 Å². The summed E-state index contributed by atoms with van der Waals surface area (Å²) in [5.74, 6) is 0.316. The molecule has 0 atom stereocenters. The molecule has 148 valence electrons. The van der Waals surface area contributed by atoms with Crippen molar-refractivity contribution in [2.24, 2.45) is 0 Å². The number of rotatable bonds is 18. The average molecular weight is 357 g/mol. The van der Waals surface area contributed by atoms with E-state index in [0.29, 0.717) is 12.8 Å². The molecular weight excluding hydrogens is 316 g/mol. The Hall–Kier alpha value is -1.10. The third kappa shape index (κ3) is 19.1. The molecule has 25 heavy (non-hydrogen) atoms. The Kier molecular flexibility index (Phi) is 18.4. The van der Waals surface area contributed by atoms with Gasteiger partial charge in [-0.2, -0.15) is 0 Å². The molecule has 0 aromatic carbocycles. The van der Waals surface area contributed by atoms with Gasteiger partial charge in [0.05, 0.1) is 0 Å². The van der Waals surface area contributed by atoms with Crippen molar-refractivity contribution in [3.8, 4) is 0 Å². The number of unbranched alkanes of at least 4 members (excludes halogenated alkanes) is 8. The van der Waals surface area contributed by atoms with Crippen LogP contribution in [0.1, 0.15) is 90.4 Å². The Balaban J connectivity index is 3.26. The lowest BCUT2D eigenvalue weighted by Crippen LogP contribution is -2.25. The molecule has 5 heteroatoms. The molecule has 0 aromatic heterocycles. The first-order valence-corrected chi connectivity index (χ1v) is 10.2. The van der Waals surface area contributed by atoms with E-state index in [1.807, 2.05) is 0 Å². The number of nitrogens with one attached hydrogen (secondary N) is 2. The maximum absolute atomic E-state index is 11.7. The van der Waals surface area contributed by atoms with Crippen LogP contribution in [-0.4, -0.2) is 38.6 Å². The number of amides is 2. The number of hydrogen-bond donors (Lipinski definition) is 2. The van der Waals surface area contributed by atoms with Crippen LogP contribution in [0.25, 0.3) is 0 Å². The van der Waals surface area contributed by atoms with Gasteiger partial charge in [0.25, 0.3) is 0 Å². The fourth-order valence-corrected chi connectivity index (χ4v) is 2.66. The largest absolute Gasteiger partial charge is 0.385 e. The Morgan fingerprint density at radius 2 is 1.16 bits per heavy atom. The van der Waals surface area contributed by atoms with E-state index in [0.717, 1.165) is 71.1 Å². The van der Waals surface area contributed by atoms with Gasteiger partial charge in [-0.05, 0) is 32.1 Å². The Morgan fingerprint density at radius 1 is 0.680 bits per heavy atom. The zero-order valence-electron chi connectivity index (χ0n) is 16.5. The standard InChI is InChI=1S/C20H40N2O3/c1-3-4-9-14-19(23)22-17-12-8-10-15-20(24)21-16-11-6-5-7-13-18-25-2/h3-18H2,1-2H3,(H,21,24)(H,22,23). The van der Waals surface area contributed by atoms with Crippen LogP contribution in [0.15, 0.2) is 0 Å². The summed E-state index contributed by atoms with van der Waals surface area (Å²) in [5.41, 5.74) is 0. The lowest BCUT2D eigenvalue weighted by molar-refractivity contribution is -0.122. The van der Waals surface area contributed by atoms with Crippen molar-refractivity contribution < 1.29 is 14.3 Å². The molecule has 2 N–H and O–H groups in total. The van der Waals surface area contributed by atoms with E-state index < -0.39 is 0 Å². The first-order chi connectivity index (χ1) is 12.2. The minimum atomic E-state index is 0.156. The van der Waals surface area contributed by atoms with Gasteiger partial charge >= 0.3 is 0 Å². The SMILES string of the molecule is CCCCCC(=O)NCCCCCC(=O)NCCCCCCCOC. The maximum atomic E-state index is 11.7. The quantitative estimate of drug-likeness (QED) is 0.365. The van der Waals surface area contributed by atoms with Crippen LogP contribution >= 0.6 is 0 Å². The maximum Gasteiger partial charge on any atom is 0.219 e. The van der Waals surface area contributed by atoms with Crippen LogP contribution in [0.4, 0.5) is 0 Å². The molecule has 2 amide bonds. The molecule has 0 aliphatic rings. The second-order valence-electron chi connectivity index (χ2n) is 6.73. The highest BCUT2D eigenvalue weighted by Crippen LogP contribution is 2.03. The summed E-state index contributed by atoms with van der Waals surface area (Å²) in [6.07, 6.45) is 13.1. The Bertz CT molecular complexity index is 322. The lowest BCUT2D eigenvalue weighted by Gasteiger charge is -2.06. The molecule has 0 heterocycles. The summed E-state index contributed by atoms with van der Waals surface area (Å²) < 4.78 is 5.02. The number of ether oxygens (including phenoxy) is 1. The topological polar surface area (TPSA) is 67.4 Å². The van der Waals surface area contributed by atoms with E-state index in [9.17, 15) is 9.59 Å². The molecule has 0 fully saturated rings. The van der Waals surface area contributed by atoms with E-state index >= 15 is 0 Å². The molecule has 0 aromatic rings. The van der Waals surface area contributed by atoms with Crippen LogP contribution in [-0.2, 0) is 14.3 Å². The number of hydrogen-bond acceptors (Lipinski definition) is 3. The lowest BCUT2D eigenvalue weighted by atomic mass is 10.1. The van der Waals surface area contributed by atoms with E-state index in [1.54, 1.807) is 7.11 Å². The molecular formula is C20H40N2O3. The minimum absolute atomic E-state index is 0.156. The minimum Gasteiger partial charge on any atom is -0.385 e. The van der Waals surface area contributed by atoms with Crippen molar-refractivity contribution in [2.45, 2.75) is 90.4 Å². The van der Waals surface area contributed by atoms with Crippen molar-refractivity contribution in [2.75, 3.05) is 26.8 Å². The van der Waals surface area contributed by atoms with E-state index in [1.165, 1.54) is 19.3 Å². The monoisotopic (exact) mass is 356 g/mol. The summed E-state index contributed by atoms with van der Waals surface area (Å²) in [6.45, 7) is 4.50. The zero-order chi connectivity index (χ0) is 18.6. The van der Waals surface area contributed by atoms with Gasteiger partial charge in [0.2, 0.25) is 11.8 Å². The van der Waals surface area contributed by atoms with Crippen molar-refractivity contribution in [3.63, 3.8) is 0 Å². The highest BCUT2D eigenvalue weighted by Gasteiger charge is 2.02. The predicted octanol–water partition coefficient (Wildman–Crippen LogP) is 3.96. The molecule has 0 spiro atoms. The van der Waals surface area contributed by atoms with E-state index in [4.69, 9.17) is 4.74 Å². The van der Waals surface area contributed by atoms with Crippen LogP contribution in [0, 0.1) is 0 Å². The van der Waals surface area contributed by atoms with Crippen molar-refractivity contribution in [3.05, 3.63) is 0 Å².